The normalized spacial score (nSPS) is 11.1. The van der Waals surface area contributed by atoms with Gasteiger partial charge in [-0.05, 0) is 12.8 Å². The van der Waals surface area contributed by atoms with E-state index >= 15 is 0 Å². The summed E-state index contributed by atoms with van der Waals surface area (Å²) in [6.45, 7) is 4.33. The molecule has 0 aromatic rings. The minimum absolute atomic E-state index is 0.0307. The maximum absolute atomic E-state index is 9.35. The van der Waals surface area contributed by atoms with Crippen LogP contribution in [0.5, 0.6) is 0 Å². The van der Waals surface area contributed by atoms with Gasteiger partial charge >= 0.3 is 26.5 Å². The molecule has 3 nitrogen and oxygen atoms in total. The fraction of sp³-hybridized carbons (Fsp3) is 1.00. The van der Waals surface area contributed by atoms with Crippen molar-refractivity contribution in [3.05, 3.63) is 0 Å². The number of aliphatic hydroxyl groups excluding tert-OH is 1. The molecule has 14 heavy (non-hydrogen) atoms. The number of hydrogen-bond donors (Lipinski definition) is 2. The van der Waals surface area contributed by atoms with Crippen LogP contribution in [0.1, 0.15) is 58.8 Å². The predicted molar refractivity (Wildman–Crippen MR) is 52.6 cm³/mol. The molecule has 0 aliphatic heterocycles. The molecule has 0 radical (unpaired) electrons. The molecule has 2 N–H and O–H groups in total. The Morgan fingerprint density at radius 1 is 1.07 bits per heavy atom. The van der Waals surface area contributed by atoms with Crippen LogP contribution in [0.2, 0.25) is 0 Å². The van der Waals surface area contributed by atoms with Crippen LogP contribution < -0.4 is 0 Å². The van der Waals surface area contributed by atoms with Crippen LogP contribution in [-0.4, -0.2) is 14.9 Å². The summed E-state index contributed by atoms with van der Waals surface area (Å²) in [6.07, 6.45) is 8.15. The summed E-state index contributed by atoms with van der Waals surface area (Å²) in [5.74, 6) is 0. The number of unbranched alkanes of at least 4 members (excludes halogenated alkanes) is 3. The summed E-state index contributed by atoms with van der Waals surface area (Å²) >= 11 is -1.75. The van der Waals surface area contributed by atoms with Gasteiger partial charge in [0.05, 0.1) is 6.10 Å². The fourth-order valence-electron chi connectivity index (χ4n) is 1.28. The molecule has 0 bridgehead atoms. The molecule has 1 atom stereocenters. The Labute approximate surface area is 96.6 Å². The van der Waals surface area contributed by atoms with Gasteiger partial charge in [0, 0.05) is 0 Å². The van der Waals surface area contributed by atoms with Gasteiger partial charge in [-0.2, -0.15) is 0 Å². The molecule has 0 aliphatic rings. The standard InChI is InChI=1S/C10H22O.H2O.O.Ti/c1-3-5-6-7-9-10(11)8-4-2;;;/h10-11H,3-9H2,1-2H3;1H2;;/q;;;+1/p-1. The third-order valence-corrected chi connectivity index (χ3v) is 2.01. The molecule has 0 rings (SSSR count). The first kappa shape index (κ1) is 16.8. The summed E-state index contributed by atoms with van der Waals surface area (Å²) in [7, 11) is 0. The van der Waals surface area contributed by atoms with Gasteiger partial charge in [0.2, 0.25) is 0 Å². The number of rotatable bonds is 7. The van der Waals surface area contributed by atoms with Crippen molar-refractivity contribution in [3.63, 3.8) is 0 Å². The van der Waals surface area contributed by atoms with Gasteiger partial charge in [0.1, 0.15) is 0 Å². The second kappa shape index (κ2) is 15.9. The zero-order valence-corrected chi connectivity index (χ0v) is 10.9. The molecule has 0 aliphatic carbocycles. The molecule has 1 unspecified atom stereocenters. The average Bonchev–Trinajstić information content (AvgIpc) is 2.14. The van der Waals surface area contributed by atoms with Gasteiger partial charge in [-0.25, -0.2) is 0 Å². The summed E-state index contributed by atoms with van der Waals surface area (Å²) in [5.41, 5.74) is 0. The summed E-state index contributed by atoms with van der Waals surface area (Å²) in [4.78, 5) is 0. The van der Waals surface area contributed by atoms with E-state index in [9.17, 15) is 5.11 Å². The first-order chi connectivity index (χ1) is 6.72. The first-order valence-corrected chi connectivity index (χ1v) is 6.75. The van der Waals surface area contributed by atoms with Crippen molar-refractivity contribution in [2.24, 2.45) is 0 Å². The van der Waals surface area contributed by atoms with Crippen LogP contribution >= 0.6 is 0 Å². The number of hydrogen-bond acceptors (Lipinski definition) is 2. The Balaban J connectivity index is 0. The van der Waals surface area contributed by atoms with E-state index in [2.05, 4.69) is 13.8 Å². The Morgan fingerprint density at radius 2 is 1.64 bits per heavy atom. The van der Waals surface area contributed by atoms with Crippen molar-refractivity contribution in [3.8, 4) is 0 Å². The van der Waals surface area contributed by atoms with E-state index in [0.29, 0.717) is 0 Å². The molecule has 85 valence electrons. The first-order valence-electron chi connectivity index (χ1n) is 5.42. The number of aliphatic hydroxyl groups is 1. The van der Waals surface area contributed by atoms with Crippen molar-refractivity contribution in [2.75, 3.05) is 0 Å². The fourth-order valence-corrected chi connectivity index (χ4v) is 1.28. The average molecular weight is 239 g/mol. The molecule has 0 spiro atoms. The van der Waals surface area contributed by atoms with Gasteiger partial charge < -0.3 is 5.11 Å². The van der Waals surface area contributed by atoms with E-state index in [1.54, 1.807) is 0 Å². The molecule has 0 heterocycles. The van der Waals surface area contributed by atoms with Crippen LogP contribution in [-0.2, 0) is 22.8 Å². The van der Waals surface area contributed by atoms with Crippen LogP contribution in [0, 0.1) is 0 Å². The molecule has 0 saturated heterocycles. The SMILES string of the molecule is CCCCCCC(O)CCC.[O]=[Ti][OH]. The van der Waals surface area contributed by atoms with Crippen LogP contribution in [0.4, 0.5) is 0 Å². The van der Waals surface area contributed by atoms with Crippen molar-refractivity contribution in [2.45, 2.75) is 64.9 Å². The zero-order chi connectivity index (χ0) is 11.2. The molecule has 0 aromatic heterocycles. The van der Waals surface area contributed by atoms with Crippen molar-refractivity contribution >= 4 is 0 Å². The van der Waals surface area contributed by atoms with E-state index in [1.165, 1.54) is 25.7 Å². The van der Waals surface area contributed by atoms with Crippen LogP contribution in [0.15, 0.2) is 0 Å². The van der Waals surface area contributed by atoms with E-state index in [0.717, 1.165) is 19.3 Å². The molecule has 0 aromatic carbocycles. The van der Waals surface area contributed by atoms with E-state index in [-0.39, 0.29) is 6.10 Å². The maximum atomic E-state index is 9.35. The summed E-state index contributed by atoms with van der Waals surface area (Å²) in [6, 6.07) is 0. The Kier molecular flexibility index (Phi) is 19.1. The van der Waals surface area contributed by atoms with E-state index < -0.39 is 19.5 Å². The van der Waals surface area contributed by atoms with Gasteiger partial charge in [0.15, 0.2) is 0 Å². The molecule has 0 fully saturated rings. The molecular formula is C10H23O3Ti. The topological polar surface area (TPSA) is 57.5 Å². The van der Waals surface area contributed by atoms with Gasteiger partial charge in [0.25, 0.3) is 0 Å². The van der Waals surface area contributed by atoms with Gasteiger partial charge in [-0.1, -0.05) is 46.0 Å². The molecular weight excluding hydrogens is 216 g/mol. The predicted octanol–water partition coefficient (Wildman–Crippen LogP) is 2.44. The third kappa shape index (κ3) is 18.3. The third-order valence-electron chi connectivity index (χ3n) is 2.01. The van der Waals surface area contributed by atoms with Crippen LogP contribution in [0.25, 0.3) is 0 Å². The Hall–Kier alpha value is 0.434. The summed E-state index contributed by atoms with van der Waals surface area (Å²) in [5, 5.41) is 9.35. The van der Waals surface area contributed by atoms with Gasteiger partial charge in [-0.3, -0.25) is 0 Å². The monoisotopic (exact) mass is 239 g/mol. The van der Waals surface area contributed by atoms with E-state index in [4.69, 9.17) is 7.01 Å². The zero-order valence-electron chi connectivity index (χ0n) is 9.33. The quantitative estimate of drug-likeness (QED) is 0.530. The summed E-state index contributed by atoms with van der Waals surface area (Å²) < 4.78 is 15.8. The molecule has 0 saturated carbocycles. The van der Waals surface area contributed by atoms with Crippen molar-refractivity contribution in [1.29, 1.82) is 0 Å². The second-order valence-electron chi connectivity index (χ2n) is 3.38. The Morgan fingerprint density at radius 3 is 2.07 bits per heavy atom. The molecule has 4 heteroatoms. The van der Waals surface area contributed by atoms with Crippen molar-refractivity contribution < 1.29 is 31.6 Å². The van der Waals surface area contributed by atoms with Crippen LogP contribution in [0.3, 0.4) is 0 Å². The minimum atomic E-state index is -1.75. The van der Waals surface area contributed by atoms with Crippen molar-refractivity contribution in [1.82, 2.24) is 0 Å². The second-order valence-corrected chi connectivity index (χ2v) is 3.67. The molecule has 0 amide bonds. The Bertz CT molecular complexity index is 110. The van der Waals surface area contributed by atoms with Gasteiger partial charge in [-0.15, -0.1) is 0 Å². The van der Waals surface area contributed by atoms with E-state index in [1.807, 2.05) is 0 Å².